The van der Waals surface area contributed by atoms with Crippen molar-refractivity contribution in [2.45, 2.75) is 24.0 Å². The molecule has 0 saturated carbocycles. The first-order valence-corrected chi connectivity index (χ1v) is 9.82. The summed E-state index contributed by atoms with van der Waals surface area (Å²) >= 11 is 0. The van der Waals surface area contributed by atoms with E-state index in [2.05, 4.69) is 10.6 Å². The van der Waals surface area contributed by atoms with Crippen LogP contribution in [0, 0.1) is 5.92 Å². The normalized spacial score (nSPS) is 12.6. The van der Waals surface area contributed by atoms with Gasteiger partial charge in [-0.2, -0.15) is 0 Å². The number of hydrogen-bond acceptors (Lipinski definition) is 5. The molecule has 1 aromatic carbocycles. The molecule has 0 aliphatic rings. The zero-order valence-corrected chi connectivity index (χ0v) is 15.9. The van der Waals surface area contributed by atoms with Crippen molar-refractivity contribution in [3.63, 3.8) is 0 Å². The third kappa shape index (κ3) is 5.01. The monoisotopic (exact) mass is 380 g/mol. The minimum absolute atomic E-state index is 0.105. The highest BCUT2D eigenvalue weighted by molar-refractivity contribution is 7.91. The third-order valence-corrected chi connectivity index (χ3v) is 5.82. The molecular weight excluding hydrogens is 356 g/mol. The lowest BCUT2D eigenvalue weighted by molar-refractivity contribution is 0.239. The lowest BCUT2D eigenvalue weighted by atomic mass is 10.2. The Bertz CT molecular complexity index is 799. The fourth-order valence-electron chi connectivity index (χ4n) is 2.31. The van der Waals surface area contributed by atoms with E-state index in [-0.39, 0.29) is 17.2 Å². The quantitative estimate of drug-likeness (QED) is 0.734. The van der Waals surface area contributed by atoms with E-state index in [0.29, 0.717) is 18.2 Å². The molecule has 1 unspecified atom stereocenters. The second kappa shape index (κ2) is 8.75. The maximum Gasteiger partial charge on any atom is 0.314 e. The van der Waals surface area contributed by atoms with Crippen LogP contribution in [0.4, 0.5) is 4.79 Å². The van der Waals surface area contributed by atoms with Crippen LogP contribution in [0.25, 0.3) is 0 Å². The number of carbonyl (C=O) groups excluding carboxylic acids is 1. The fourth-order valence-corrected chi connectivity index (χ4v) is 3.90. The molecule has 1 heterocycles. The van der Waals surface area contributed by atoms with E-state index in [9.17, 15) is 13.2 Å². The summed E-state index contributed by atoms with van der Waals surface area (Å²) < 4.78 is 36.4. The van der Waals surface area contributed by atoms with Crippen LogP contribution in [0.1, 0.15) is 24.9 Å². The third-order valence-electron chi connectivity index (χ3n) is 3.74. The number of nitrogens with one attached hydrogen (secondary N) is 2. The maximum atomic E-state index is 13.0. The largest absolute Gasteiger partial charge is 0.497 e. The molecule has 26 heavy (non-hydrogen) atoms. The van der Waals surface area contributed by atoms with E-state index in [0.717, 1.165) is 0 Å². The van der Waals surface area contributed by atoms with E-state index in [4.69, 9.17) is 9.15 Å². The van der Waals surface area contributed by atoms with Crippen molar-refractivity contribution in [2.75, 3.05) is 20.2 Å². The van der Waals surface area contributed by atoms with Gasteiger partial charge in [0.2, 0.25) is 0 Å². The number of hydrogen-bond donors (Lipinski definition) is 2. The van der Waals surface area contributed by atoms with Gasteiger partial charge in [-0.1, -0.05) is 13.8 Å². The summed E-state index contributed by atoms with van der Waals surface area (Å²) in [5, 5.41) is 4.28. The van der Waals surface area contributed by atoms with Crippen LogP contribution < -0.4 is 15.4 Å². The highest BCUT2D eigenvalue weighted by atomic mass is 32.2. The van der Waals surface area contributed by atoms with Crippen molar-refractivity contribution >= 4 is 15.9 Å². The van der Waals surface area contributed by atoms with Gasteiger partial charge in [0, 0.05) is 13.1 Å². The second-order valence-electron chi connectivity index (χ2n) is 6.21. The summed E-state index contributed by atoms with van der Waals surface area (Å²) in [5.74, 6) is 1.12. The number of urea groups is 1. The van der Waals surface area contributed by atoms with Gasteiger partial charge < -0.3 is 19.8 Å². The molecule has 2 amide bonds. The number of ether oxygens (including phenoxy) is 1. The molecule has 0 radical (unpaired) electrons. The van der Waals surface area contributed by atoms with E-state index < -0.39 is 21.1 Å². The van der Waals surface area contributed by atoms with Crippen LogP contribution in [0.15, 0.2) is 52.0 Å². The Kier molecular flexibility index (Phi) is 6.68. The molecule has 0 aliphatic carbocycles. The summed E-state index contributed by atoms with van der Waals surface area (Å²) in [4.78, 5) is 12.0. The van der Waals surface area contributed by atoms with Crippen molar-refractivity contribution in [1.29, 1.82) is 0 Å². The van der Waals surface area contributed by atoms with Crippen LogP contribution >= 0.6 is 0 Å². The van der Waals surface area contributed by atoms with Gasteiger partial charge in [0.15, 0.2) is 9.84 Å². The van der Waals surface area contributed by atoms with Crippen molar-refractivity contribution in [3.05, 3.63) is 48.4 Å². The van der Waals surface area contributed by atoms with Gasteiger partial charge in [0.1, 0.15) is 16.8 Å². The molecule has 0 fully saturated rings. The molecule has 0 spiro atoms. The van der Waals surface area contributed by atoms with E-state index >= 15 is 0 Å². The Morgan fingerprint density at radius 3 is 2.31 bits per heavy atom. The average molecular weight is 380 g/mol. The minimum Gasteiger partial charge on any atom is -0.497 e. The number of methoxy groups -OCH3 is 1. The summed E-state index contributed by atoms with van der Waals surface area (Å²) in [6.45, 7) is 4.34. The first kappa shape index (κ1) is 19.8. The molecule has 142 valence electrons. The van der Waals surface area contributed by atoms with Crippen molar-refractivity contribution in [2.24, 2.45) is 5.92 Å². The molecule has 0 bridgehead atoms. The molecule has 0 saturated heterocycles. The highest BCUT2D eigenvalue weighted by Gasteiger charge is 2.31. The van der Waals surface area contributed by atoms with Crippen molar-refractivity contribution in [3.8, 4) is 5.75 Å². The molecule has 1 aromatic heterocycles. The standard InChI is InChI=1S/C18H24N2O5S/c1-13(2)11-19-18(21)20-12-17(16-5-4-10-25-16)26(22,23)15-8-6-14(24-3)7-9-15/h4-10,13,17H,11-12H2,1-3H3,(H2,19,20,21). The zero-order valence-electron chi connectivity index (χ0n) is 15.1. The number of sulfone groups is 1. The van der Waals surface area contributed by atoms with Crippen LogP contribution in [0.3, 0.4) is 0 Å². The Balaban J connectivity index is 2.20. The zero-order chi connectivity index (χ0) is 19.2. The highest BCUT2D eigenvalue weighted by Crippen LogP contribution is 2.29. The number of rotatable bonds is 8. The summed E-state index contributed by atoms with van der Waals surface area (Å²) in [7, 11) is -2.26. The Hall–Kier alpha value is -2.48. The van der Waals surface area contributed by atoms with Crippen molar-refractivity contribution < 1.29 is 22.4 Å². The van der Waals surface area contributed by atoms with Gasteiger partial charge >= 0.3 is 6.03 Å². The number of benzene rings is 1. The van der Waals surface area contributed by atoms with Gasteiger partial charge in [-0.3, -0.25) is 0 Å². The number of furan rings is 1. The van der Waals surface area contributed by atoms with Gasteiger partial charge in [-0.05, 0) is 42.3 Å². The smallest absolute Gasteiger partial charge is 0.314 e. The molecule has 2 aromatic rings. The molecule has 2 N–H and O–H groups in total. The molecule has 8 heteroatoms. The minimum atomic E-state index is -3.77. The molecular formula is C18H24N2O5S. The average Bonchev–Trinajstić information content (AvgIpc) is 3.14. The summed E-state index contributed by atoms with van der Waals surface area (Å²) in [5.41, 5.74) is 0. The topological polar surface area (TPSA) is 97.6 Å². The first-order valence-electron chi connectivity index (χ1n) is 8.27. The molecule has 7 nitrogen and oxygen atoms in total. The summed E-state index contributed by atoms with van der Waals surface area (Å²) in [6, 6.07) is 8.89. The molecule has 2 rings (SSSR count). The SMILES string of the molecule is COc1ccc(S(=O)(=O)C(CNC(=O)NCC(C)C)c2ccco2)cc1. The first-order chi connectivity index (χ1) is 12.3. The van der Waals surface area contributed by atoms with E-state index in [1.165, 1.54) is 25.5 Å². The number of carbonyl (C=O) groups is 1. The van der Waals surface area contributed by atoms with Crippen molar-refractivity contribution in [1.82, 2.24) is 10.6 Å². The van der Waals surface area contributed by atoms with Crippen LogP contribution in [0.2, 0.25) is 0 Å². The Labute approximate surface area is 153 Å². The summed E-state index contributed by atoms with van der Waals surface area (Å²) in [6.07, 6.45) is 1.41. The van der Waals surface area contributed by atoms with Gasteiger partial charge in [0.25, 0.3) is 0 Å². The number of amides is 2. The van der Waals surface area contributed by atoms with E-state index in [1.807, 2.05) is 13.8 Å². The predicted octanol–water partition coefficient (Wildman–Crippen LogP) is 2.76. The maximum absolute atomic E-state index is 13.0. The Morgan fingerprint density at radius 1 is 1.12 bits per heavy atom. The predicted molar refractivity (Wildman–Crippen MR) is 97.9 cm³/mol. The molecule has 0 aliphatic heterocycles. The Morgan fingerprint density at radius 2 is 1.77 bits per heavy atom. The molecule has 1 atom stereocenters. The van der Waals surface area contributed by atoms with E-state index in [1.54, 1.807) is 24.3 Å². The van der Waals surface area contributed by atoms with Gasteiger partial charge in [0.05, 0.1) is 18.3 Å². The van der Waals surface area contributed by atoms with Gasteiger partial charge in [-0.15, -0.1) is 0 Å². The van der Waals surface area contributed by atoms with Crippen LogP contribution in [0.5, 0.6) is 5.75 Å². The second-order valence-corrected chi connectivity index (χ2v) is 8.34. The lowest BCUT2D eigenvalue weighted by Gasteiger charge is -2.17. The lowest BCUT2D eigenvalue weighted by Crippen LogP contribution is -2.40. The van der Waals surface area contributed by atoms with Gasteiger partial charge in [-0.25, -0.2) is 13.2 Å². The van der Waals surface area contributed by atoms with Crippen LogP contribution in [-0.4, -0.2) is 34.6 Å². The fraction of sp³-hybridized carbons (Fsp3) is 0.389. The van der Waals surface area contributed by atoms with Crippen LogP contribution in [-0.2, 0) is 9.84 Å².